The molecule has 5 aromatic rings. The normalized spacial score (nSPS) is 11.5. The molecule has 5 rings (SSSR count). The van der Waals surface area contributed by atoms with E-state index < -0.39 is 0 Å². The standard InChI is InChI=1S/C22H18ClN7O/c1-12-6-8-14(9-7-12)30-16(26-15-5-3-4-13(2)17(15)21(30)31)10-29-11-25-18-19(23)27-22(24)28-20(18)29/h3-9,11H,10H2,1-2H3,(H2,24,27,28). The summed E-state index contributed by atoms with van der Waals surface area (Å²) < 4.78 is 3.39. The Morgan fingerprint density at radius 3 is 2.58 bits per heavy atom. The summed E-state index contributed by atoms with van der Waals surface area (Å²) in [5.74, 6) is 0.594. The number of aromatic nitrogens is 6. The first-order valence-corrected chi connectivity index (χ1v) is 10.0. The van der Waals surface area contributed by atoms with Crippen LogP contribution in [0.15, 0.2) is 53.6 Å². The Morgan fingerprint density at radius 2 is 1.81 bits per heavy atom. The van der Waals surface area contributed by atoms with E-state index in [2.05, 4.69) is 15.0 Å². The molecule has 0 atom stereocenters. The molecule has 154 valence electrons. The number of halogens is 1. The summed E-state index contributed by atoms with van der Waals surface area (Å²) in [6.45, 7) is 4.16. The molecule has 0 unspecified atom stereocenters. The molecule has 2 N–H and O–H groups in total. The lowest BCUT2D eigenvalue weighted by molar-refractivity contribution is 0.718. The number of nitrogens with two attached hydrogens (primary N) is 1. The highest BCUT2D eigenvalue weighted by Gasteiger charge is 2.17. The number of hydrogen-bond donors (Lipinski definition) is 1. The van der Waals surface area contributed by atoms with Gasteiger partial charge in [-0.25, -0.2) is 9.97 Å². The zero-order valence-corrected chi connectivity index (χ0v) is 17.6. The summed E-state index contributed by atoms with van der Waals surface area (Å²) in [6.07, 6.45) is 1.59. The Kier molecular flexibility index (Phi) is 4.44. The van der Waals surface area contributed by atoms with Crippen molar-refractivity contribution in [2.45, 2.75) is 20.4 Å². The number of benzene rings is 2. The first-order valence-electron chi connectivity index (χ1n) is 9.64. The Hall–Kier alpha value is -3.78. The number of hydrogen-bond acceptors (Lipinski definition) is 6. The third kappa shape index (κ3) is 3.21. The van der Waals surface area contributed by atoms with E-state index in [1.807, 2.05) is 56.3 Å². The largest absolute Gasteiger partial charge is 0.368 e. The molecule has 9 heteroatoms. The highest BCUT2D eigenvalue weighted by molar-refractivity contribution is 6.33. The van der Waals surface area contributed by atoms with Crippen LogP contribution in [0.3, 0.4) is 0 Å². The summed E-state index contributed by atoms with van der Waals surface area (Å²) >= 11 is 6.16. The van der Waals surface area contributed by atoms with Crippen molar-refractivity contribution in [1.29, 1.82) is 0 Å². The van der Waals surface area contributed by atoms with Crippen LogP contribution < -0.4 is 11.3 Å². The molecule has 31 heavy (non-hydrogen) atoms. The van der Waals surface area contributed by atoms with Crippen LogP contribution in [0.4, 0.5) is 5.95 Å². The number of aryl methyl sites for hydroxylation is 2. The Bertz CT molecular complexity index is 1520. The molecule has 0 bridgehead atoms. The summed E-state index contributed by atoms with van der Waals surface area (Å²) in [6, 6.07) is 13.4. The molecular weight excluding hydrogens is 414 g/mol. The van der Waals surface area contributed by atoms with E-state index in [-0.39, 0.29) is 23.2 Å². The Morgan fingerprint density at radius 1 is 1.03 bits per heavy atom. The van der Waals surface area contributed by atoms with Crippen molar-refractivity contribution in [1.82, 2.24) is 29.1 Å². The van der Waals surface area contributed by atoms with Gasteiger partial charge in [0.25, 0.3) is 5.56 Å². The lowest BCUT2D eigenvalue weighted by atomic mass is 10.1. The van der Waals surface area contributed by atoms with Crippen molar-refractivity contribution in [3.8, 4) is 5.69 Å². The zero-order valence-electron chi connectivity index (χ0n) is 16.9. The molecule has 0 aliphatic carbocycles. The van der Waals surface area contributed by atoms with Gasteiger partial charge in [0.1, 0.15) is 11.3 Å². The molecule has 0 radical (unpaired) electrons. The topological polar surface area (TPSA) is 105 Å². The van der Waals surface area contributed by atoms with Gasteiger partial charge in [0.2, 0.25) is 5.95 Å². The number of nitrogen functional groups attached to an aromatic ring is 1. The van der Waals surface area contributed by atoms with Crippen molar-refractivity contribution in [3.63, 3.8) is 0 Å². The lowest BCUT2D eigenvalue weighted by Crippen LogP contribution is -2.25. The van der Waals surface area contributed by atoms with Gasteiger partial charge in [-0.2, -0.15) is 9.97 Å². The first kappa shape index (κ1) is 19.2. The predicted octanol–water partition coefficient (Wildman–Crippen LogP) is 3.43. The maximum absolute atomic E-state index is 13.6. The van der Waals surface area contributed by atoms with Crippen molar-refractivity contribution < 1.29 is 0 Å². The minimum Gasteiger partial charge on any atom is -0.368 e. The highest BCUT2D eigenvalue weighted by atomic mass is 35.5. The van der Waals surface area contributed by atoms with Crippen LogP contribution in [0.25, 0.3) is 27.8 Å². The predicted molar refractivity (Wildman–Crippen MR) is 121 cm³/mol. The molecule has 0 aliphatic heterocycles. The molecule has 3 heterocycles. The van der Waals surface area contributed by atoms with E-state index in [1.165, 1.54) is 0 Å². The van der Waals surface area contributed by atoms with E-state index in [0.29, 0.717) is 27.9 Å². The van der Waals surface area contributed by atoms with Crippen molar-refractivity contribution >= 4 is 39.6 Å². The van der Waals surface area contributed by atoms with E-state index >= 15 is 0 Å². The van der Waals surface area contributed by atoms with Gasteiger partial charge in [-0.15, -0.1) is 0 Å². The molecular formula is C22H18ClN7O. The average molecular weight is 432 g/mol. The number of fused-ring (bicyclic) bond motifs is 2. The molecule has 0 aliphatic rings. The monoisotopic (exact) mass is 431 g/mol. The summed E-state index contributed by atoms with van der Waals surface area (Å²) in [5, 5.41) is 0.774. The molecule has 0 amide bonds. The fourth-order valence-electron chi connectivity index (χ4n) is 3.70. The maximum atomic E-state index is 13.6. The third-order valence-corrected chi connectivity index (χ3v) is 5.48. The van der Waals surface area contributed by atoms with Crippen LogP contribution in [-0.2, 0) is 6.54 Å². The molecule has 0 fully saturated rings. The van der Waals surface area contributed by atoms with Gasteiger partial charge in [0.05, 0.1) is 29.5 Å². The van der Waals surface area contributed by atoms with Gasteiger partial charge < -0.3 is 10.3 Å². The van der Waals surface area contributed by atoms with Crippen molar-refractivity contribution in [2.75, 3.05) is 5.73 Å². The minimum absolute atomic E-state index is 0.0530. The smallest absolute Gasteiger partial charge is 0.266 e. The van der Waals surface area contributed by atoms with E-state index in [4.69, 9.17) is 22.3 Å². The number of anilines is 1. The fourth-order valence-corrected chi connectivity index (χ4v) is 3.92. The average Bonchev–Trinajstić information content (AvgIpc) is 3.12. The summed E-state index contributed by atoms with van der Waals surface area (Å²) in [5.41, 5.74) is 9.93. The first-order chi connectivity index (χ1) is 14.9. The maximum Gasteiger partial charge on any atom is 0.266 e. The zero-order chi connectivity index (χ0) is 21.7. The highest BCUT2D eigenvalue weighted by Crippen LogP contribution is 2.22. The second-order valence-corrected chi connectivity index (χ2v) is 7.75. The Balaban J connectivity index is 1.78. The minimum atomic E-state index is -0.126. The molecule has 3 aromatic heterocycles. The van der Waals surface area contributed by atoms with Gasteiger partial charge >= 0.3 is 0 Å². The SMILES string of the molecule is Cc1ccc(-n2c(Cn3cnc4c(Cl)nc(N)nc43)nc3cccc(C)c3c2=O)cc1. The second kappa shape index (κ2) is 7.17. The van der Waals surface area contributed by atoms with Gasteiger partial charge in [-0.1, -0.05) is 41.4 Å². The summed E-state index contributed by atoms with van der Waals surface area (Å²) in [7, 11) is 0. The van der Waals surface area contributed by atoms with Crippen molar-refractivity contribution in [3.05, 3.63) is 81.3 Å². The van der Waals surface area contributed by atoms with Crippen LogP contribution >= 0.6 is 11.6 Å². The van der Waals surface area contributed by atoms with Crippen LogP contribution in [0, 0.1) is 13.8 Å². The number of rotatable bonds is 3. The van der Waals surface area contributed by atoms with Crippen LogP contribution in [-0.4, -0.2) is 29.1 Å². The quantitative estimate of drug-likeness (QED) is 0.439. The Labute approximate surface area is 182 Å². The second-order valence-electron chi connectivity index (χ2n) is 7.39. The molecule has 0 spiro atoms. The molecule has 8 nitrogen and oxygen atoms in total. The van der Waals surface area contributed by atoms with E-state index in [1.54, 1.807) is 15.5 Å². The van der Waals surface area contributed by atoms with Gasteiger partial charge in [-0.3, -0.25) is 9.36 Å². The van der Waals surface area contributed by atoms with Crippen molar-refractivity contribution in [2.24, 2.45) is 0 Å². The van der Waals surface area contributed by atoms with Crippen LogP contribution in [0.5, 0.6) is 0 Å². The van der Waals surface area contributed by atoms with Gasteiger partial charge in [0.15, 0.2) is 10.8 Å². The van der Waals surface area contributed by atoms with E-state index in [0.717, 1.165) is 16.8 Å². The third-order valence-electron chi connectivity index (χ3n) is 5.22. The molecule has 2 aromatic carbocycles. The summed E-state index contributed by atoms with van der Waals surface area (Å²) in [4.78, 5) is 30.9. The number of nitrogens with zero attached hydrogens (tertiary/aromatic N) is 6. The van der Waals surface area contributed by atoms with Gasteiger partial charge in [0, 0.05) is 0 Å². The van der Waals surface area contributed by atoms with Crippen LogP contribution in [0.1, 0.15) is 17.0 Å². The van der Waals surface area contributed by atoms with E-state index in [9.17, 15) is 4.79 Å². The van der Waals surface area contributed by atoms with Gasteiger partial charge in [-0.05, 0) is 37.6 Å². The fraction of sp³-hybridized carbons (Fsp3) is 0.136. The molecule has 0 saturated heterocycles. The lowest BCUT2D eigenvalue weighted by Gasteiger charge is -2.15. The van der Waals surface area contributed by atoms with Crippen LogP contribution in [0.2, 0.25) is 5.15 Å². The number of imidazole rings is 1. The molecule has 0 saturated carbocycles.